The standard InChI is InChI=1S/C25H35N3O3/c1-19(2)16-27(17-20(3)4)24-12-11-22(28(29)30)15-23(24)25-26(13-8-14-31-25)18-21-9-6-5-7-10-21/h5-7,9-12,15,19-20,25H,8,13-14,16-18H2,1-4H3/t25-/m0/s1. The first-order valence-corrected chi connectivity index (χ1v) is 11.3. The van der Waals surface area contributed by atoms with Crippen molar-refractivity contribution in [1.29, 1.82) is 0 Å². The second-order valence-electron chi connectivity index (χ2n) is 9.23. The summed E-state index contributed by atoms with van der Waals surface area (Å²) in [6.45, 7) is 12.9. The molecule has 1 fully saturated rings. The summed E-state index contributed by atoms with van der Waals surface area (Å²) in [6, 6.07) is 15.6. The van der Waals surface area contributed by atoms with Gasteiger partial charge in [-0.05, 0) is 29.9 Å². The molecule has 0 aromatic heterocycles. The summed E-state index contributed by atoms with van der Waals surface area (Å²) in [7, 11) is 0. The van der Waals surface area contributed by atoms with Gasteiger partial charge < -0.3 is 9.64 Å². The van der Waals surface area contributed by atoms with E-state index in [1.807, 2.05) is 24.3 Å². The highest BCUT2D eigenvalue weighted by molar-refractivity contribution is 5.59. The molecule has 6 nitrogen and oxygen atoms in total. The topological polar surface area (TPSA) is 58.9 Å². The lowest BCUT2D eigenvalue weighted by Crippen LogP contribution is -2.38. The summed E-state index contributed by atoms with van der Waals surface area (Å²) in [4.78, 5) is 15.9. The molecule has 0 spiro atoms. The van der Waals surface area contributed by atoms with E-state index in [0.717, 1.165) is 43.9 Å². The van der Waals surface area contributed by atoms with E-state index in [9.17, 15) is 10.1 Å². The lowest BCUT2D eigenvalue weighted by atomic mass is 10.0. The molecule has 2 aromatic carbocycles. The maximum absolute atomic E-state index is 11.6. The number of hydrogen-bond acceptors (Lipinski definition) is 5. The summed E-state index contributed by atoms with van der Waals surface area (Å²) in [5, 5.41) is 11.6. The van der Waals surface area contributed by atoms with Gasteiger partial charge in [-0.1, -0.05) is 58.0 Å². The van der Waals surface area contributed by atoms with Crippen molar-refractivity contribution < 1.29 is 9.66 Å². The summed E-state index contributed by atoms with van der Waals surface area (Å²) in [5.74, 6) is 0.962. The predicted molar refractivity (Wildman–Crippen MR) is 125 cm³/mol. The van der Waals surface area contributed by atoms with Crippen molar-refractivity contribution in [1.82, 2.24) is 4.90 Å². The lowest BCUT2D eigenvalue weighted by Gasteiger charge is -2.39. The number of nitro groups is 1. The smallest absolute Gasteiger partial charge is 0.270 e. The first-order chi connectivity index (χ1) is 14.8. The number of hydrogen-bond donors (Lipinski definition) is 0. The minimum Gasteiger partial charge on any atom is -0.371 e. The van der Waals surface area contributed by atoms with Crippen LogP contribution in [0.1, 0.15) is 51.5 Å². The van der Waals surface area contributed by atoms with E-state index in [-0.39, 0.29) is 16.8 Å². The van der Waals surface area contributed by atoms with Crippen LogP contribution in [-0.4, -0.2) is 36.1 Å². The molecule has 1 heterocycles. The van der Waals surface area contributed by atoms with Gasteiger partial charge in [0.05, 0.1) is 11.5 Å². The molecule has 1 aliphatic rings. The minimum absolute atomic E-state index is 0.113. The Morgan fingerprint density at radius 2 is 1.77 bits per heavy atom. The van der Waals surface area contributed by atoms with Crippen molar-refractivity contribution in [3.05, 3.63) is 69.8 Å². The Hall–Kier alpha value is -2.44. The van der Waals surface area contributed by atoms with Crippen LogP contribution in [0.4, 0.5) is 11.4 Å². The lowest BCUT2D eigenvalue weighted by molar-refractivity contribution is -0.385. The molecule has 0 bridgehead atoms. The molecule has 0 N–H and O–H groups in total. The second-order valence-corrected chi connectivity index (χ2v) is 9.23. The van der Waals surface area contributed by atoms with Gasteiger partial charge in [0, 0.05) is 49.6 Å². The average Bonchev–Trinajstić information content (AvgIpc) is 2.73. The maximum atomic E-state index is 11.6. The second kappa shape index (κ2) is 10.7. The summed E-state index contributed by atoms with van der Waals surface area (Å²) in [6.07, 6.45) is 0.653. The van der Waals surface area contributed by atoms with Gasteiger partial charge in [0.1, 0.15) is 6.23 Å². The highest BCUT2D eigenvalue weighted by Gasteiger charge is 2.30. The van der Waals surface area contributed by atoms with E-state index in [0.29, 0.717) is 18.4 Å². The van der Waals surface area contributed by atoms with Crippen LogP contribution in [0.3, 0.4) is 0 Å². The molecule has 3 rings (SSSR count). The maximum Gasteiger partial charge on any atom is 0.270 e. The van der Waals surface area contributed by atoms with Crippen molar-refractivity contribution in [2.24, 2.45) is 11.8 Å². The van der Waals surface area contributed by atoms with Crippen molar-refractivity contribution in [2.75, 3.05) is 31.1 Å². The fourth-order valence-electron chi connectivity index (χ4n) is 4.25. The number of benzene rings is 2. The Bertz CT molecular complexity index is 844. The van der Waals surface area contributed by atoms with Crippen molar-refractivity contribution >= 4 is 11.4 Å². The predicted octanol–water partition coefficient (Wildman–Crippen LogP) is 5.63. The van der Waals surface area contributed by atoms with Gasteiger partial charge in [0.25, 0.3) is 5.69 Å². The van der Waals surface area contributed by atoms with Crippen LogP contribution in [0, 0.1) is 22.0 Å². The van der Waals surface area contributed by atoms with Gasteiger partial charge in [0.15, 0.2) is 0 Å². The molecule has 1 atom stereocenters. The molecule has 0 saturated carbocycles. The molecule has 31 heavy (non-hydrogen) atoms. The van der Waals surface area contributed by atoms with E-state index in [1.54, 1.807) is 12.1 Å². The van der Waals surface area contributed by atoms with Crippen LogP contribution in [0.25, 0.3) is 0 Å². The quantitative estimate of drug-likeness (QED) is 0.385. The number of anilines is 1. The van der Waals surface area contributed by atoms with E-state index >= 15 is 0 Å². The van der Waals surface area contributed by atoms with E-state index in [2.05, 4.69) is 49.6 Å². The molecular formula is C25H35N3O3. The molecule has 0 unspecified atom stereocenters. The van der Waals surface area contributed by atoms with Gasteiger partial charge in [0.2, 0.25) is 0 Å². The third-order valence-corrected chi connectivity index (χ3v) is 5.43. The average molecular weight is 426 g/mol. The monoisotopic (exact) mass is 425 g/mol. The van der Waals surface area contributed by atoms with E-state index in [1.165, 1.54) is 5.56 Å². The van der Waals surface area contributed by atoms with Gasteiger partial charge in [-0.3, -0.25) is 15.0 Å². The molecular weight excluding hydrogens is 390 g/mol. The Kier molecular flexibility index (Phi) is 8.04. The molecule has 168 valence electrons. The van der Waals surface area contributed by atoms with Gasteiger partial charge in [-0.15, -0.1) is 0 Å². The number of rotatable bonds is 9. The normalized spacial score (nSPS) is 17.3. The van der Waals surface area contributed by atoms with Crippen molar-refractivity contribution in [2.45, 2.75) is 46.9 Å². The SMILES string of the molecule is CC(C)CN(CC(C)C)c1ccc([N+](=O)[O-])cc1[C@@H]1OCCCN1Cc1ccccc1. The van der Waals surface area contributed by atoms with E-state index < -0.39 is 0 Å². The summed E-state index contributed by atoms with van der Waals surface area (Å²) < 4.78 is 6.26. The molecule has 2 aromatic rings. The van der Waals surface area contributed by atoms with Crippen LogP contribution in [0.5, 0.6) is 0 Å². The fraction of sp³-hybridized carbons (Fsp3) is 0.520. The molecule has 0 amide bonds. The first kappa shape index (κ1) is 23.2. The first-order valence-electron chi connectivity index (χ1n) is 11.3. The summed E-state index contributed by atoms with van der Waals surface area (Å²) >= 11 is 0. The Morgan fingerprint density at radius 1 is 1.10 bits per heavy atom. The van der Waals surface area contributed by atoms with Gasteiger partial charge in [-0.2, -0.15) is 0 Å². The van der Waals surface area contributed by atoms with Crippen LogP contribution >= 0.6 is 0 Å². The fourth-order valence-corrected chi connectivity index (χ4v) is 4.25. The summed E-state index contributed by atoms with van der Waals surface area (Å²) in [5.41, 5.74) is 3.26. The van der Waals surface area contributed by atoms with Crippen molar-refractivity contribution in [3.8, 4) is 0 Å². The Balaban J connectivity index is 2.02. The Morgan fingerprint density at radius 3 is 2.39 bits per heavy atom. The molecule has 0 radical (unpaired) electrons. The third-order valence-electron chi connectivity index (χ3n) is 5.43. The van der Waals surface area contributed by atoms with Gasteiger partial charge in [-0.25, -0.2) is 0 Å². The van der Waals surface area contributed by atoms with Crippen LogP contribution in [0.15, 0.2) is 48.5 Å². The zero-order chi connectivity index (χ0) is 22.4. The highest BCUT2D eigenvalue weighted by atomic mass is 16.6. The van der Waals surface area contributed by atoms with Crippen LogP contribution < -0.4 is 4.90 Å². The van der Waals surface area contributed by atoms with Crippen LogP contribution in [-0.2, 0) is 11.3 Å². The molecule has 1 saturated heterocycles. The van der Waals surface area contributed by atoms with E-state index in [4.69, 9.17) is 4.74 Å². The third kappa shape index (κ3) is 6.28. The number of ether oxygens (including phenoxy) is 1. The number of nitro benzene ring substituents is 1. The number of non-ortho nitro benzene ring substituents is 1. The van der Waals surface area contributed by atoms with Crippen molar-refractivity contribution in [3.63, 3.8) is 0 Å². The van der Waals surface area contributed by atoms with Gasteiger partial charge >= 0.3 is 0 Å². The van der Waals surface area contributed by atoms with Crippen LogP contribution in [0.2, 0.25) is 0 Å². The minimum atomic E-state index is -0.313. The zero-order valence-corrected chi connectivity index (χ0v) is 19.2. The Labute approximate surface area is 186 Å². The highest BCUT2D eigenvalue weighted by Crippen LogP contribution is 2.37. The molecule has 6 heteroatoms. The zero-order valence-electron chi connectivity index (χ0n) is 19.2. The number of nitrogens with zero attached hydrogens (tertiary/aromatic N) is 3. The molecule has 1 aliphatic heterocycles. The largest absolute Gasteiger partial charge is 0.371 e. The molecule has 0 aliphatic carbocycles.